The highest BCUT2D eigenvalue weighted by Crippen LogP contribution is 2.33. The number of benzene rings is 1. The molecular weight excluding hydrogens is 286 g/mol. The van der Waals surface area contributed by atoms with Crippen LogP contribution in [0.5, 0.6) is 0 Å². The summed E-state index contributed by atoms with van der Waals surface area (Å²) in [7, 11) is 1.22. The van der Waals surface area contributed by atoms with Crippen LogP contribution in [0.1, 0.15) is 10.4 Å². The molecule has 0 radical (unpaired) electrons. The number of ether oxygens (including phenoxy) is 1. The fraction of sp³-hybridized carbons (Fsp3) is 0.0769. The van der Waals surface area contributed by atoms with E-state index >= 15 is 0 Å². The zero-order valence-corrected chi connectivity index (χ0v) is 11.2. The van der Waals surface area contributed by atoms with Gasteiger partial charge in [-0.25, -0.2) is 18.6 Å². The highest BCUT2D eigenvalue weighted by molar-refractivity contribution is 7.99. The molecule has 0 spiro atoms. The van der Waals surface area contributed by atoms with Crippen LogP contribution in [0, 0.1) is 11.6 Å². The number of esters is 1. The summed E-state index contributed by atoms with van der Waals surface area (Å²) in [6.07, 6.45) is 1.35. The van der Waals surface area contributed by atoms with Crippen molar-refractivity contribution in [1.82, 2.24) is 4.98 Å². The summed E-state index contributed by atoms with van der Waals surface area (Å²) in [6.45, 7) is 0. The molecule has 1 aromatic carbocycles. The zero-order chi connectivity index (χ0) is 14.7. The standard InChI is InChI=1S/C13H10F2N2O2S/c1-19-13(18)8-4-5-17-12(11(8)16)20-10-6-7(14)2-3-9(10)15/h2-6H,16H2,1H3. The molecule has 1 aromatic heterocycles. The van der Waals surface area contributed by atoms with Crippen LogP contribution < -0.4 is 5.73 Å². The highest BCUT2D eigenvalue weighted by Gasteiger charge is 2.16. The van der Waals surface area contributed by atoms with E-state index in [9.17, 15) is 13.6 Å². The van der Waals surface area contributed by atoms with Crippen LogP contribution in [-0.2, 0) is 4.74 Å². The van der Waals surface area contributed by atoms with Gasteiger partial charge in [0.2, 0.25) is 0 Å². The van der Waals surface area contributed by atoms with Crippen molar-refractivity contribution in [2.75, 3.05) is 12.8 Å². The van der Waals surface area contributed by atoms with E-state index in [-0.39, 0.29) is 21.2 Å². The van der Waals surface area contributed by atoms with Crippen molar-refractivity contribution in [1.29, 1.82) is 0 Å². The Morgan fingerprint density at radius 1 is 1.35 bits per heavy atom. The Kier molecular flexibility index (Phi) is 4.19. The van der Waals surface area contributed by atoms with Gasteiger partial charge in [0, 0.05) is 6.20 Å². The molecule has 0 bridgehead atoms. The monoisotopic (exact) mass is 296 g/mol. The molecule has 2 rings (SSSR count). The van der Waals surface area contributed by atoms with Gasteiger partial charge in [0.05, 0.1) is 23.3 Å². The van der Waals surface area contributed by atoms with Gasteiger partial charge in [-0.3, -0.25) is 0 Å². The zero-order valence-electron chi connectivity index (χ0n) is 10.4. The molecule has 4 nitrogen and oxygen atoms in total. The van der Waals surface area contributed by atoms with Crippen molar-refractivity contribution in [3.63, 3.8) is 0 Å². The van der Waals surface area contributed by atoms with E-state index in [0.29, 0.717) is 0 Å². The molecule has 2 N–H and O–H groups in total. The lowest BCUT2D eigenvalue weighted by atomic mass is 10.2. The van der Waals surface area contributed by atoms with Crippen molar-refractivity contribution in [3.05, 3.63) is 47.7 Å². The first-order chi connectivity index (χ1) is 9.52. The molecule has 104 valence electrons. The average Bonchev–Trinajstić information content (AvgIpc) is 2.44. The number of pyridine rings is 1. The molecule has 0 aliphatic carbocycles. The van der Waals surface area contributed by atoms with Gasteiger partial charge >= 0.3 is 5.97 Å². The van der Waals surface area contributed by atoms with Crippen LogP contribution in [0.3, 0.4) is 0 Å². The van der Waals surface area contributed by atoms with Gasteiger partial charge in [-0.2, -0.15) is 0 Å². The van der Waals surface area contributed by atoms with Gasteiger partial charge in [-0.15, -0.1) is 0 Å². The number of nitrogens with zero attached hydrogens (tertiary/aromatic N) is 1. The third-order valence-corrected chi connectivity index (χ3v) is 3.51. The number of carbonyl (C=O) groups is 1. The molecule has 0 aliphatic heterocycles. The second kappa shape index (κ2) is 5.87. The summed E-state index contributed by atoms with van der Waals surface area (Å²) < 4.78 is 31.2. The van der Waals surface area contributed by atoms with Gasteiger partial charge < -0.3 is 10.5 Å². The lowest BCUT2D eigenvalue weighted by Crippen LogP contribution is -2.07. The Morgan fingerprint density at radius 2 is 2.10 bits per heavy atom. The smallest absolute Gasteiger partial charge is 0.340 e. The first-order valence-electron chi connectivity index (χ1n) is 5.48. The largest absolute Gasteiger partial charge is 0.465 e. The minimum atomic E-state index is -0.619. The Labute approximate surface area is 118 Å². The lowest BCUT2D eigenvalue weighted by Gasteiger charge is -2.08. The molecular formula is C13H10F2N2O2S. The fourth-order valence-corrected chi connectivity index (χ4v) is 2.36. The third kappa shape index (κ3) is 2.88. The van der Waals surface area contributed by atoms with E-state index in [0.717, 1.165) is 30.0 Å². The minimum Gasteiger partial charge on any atom is -0.465 e. The van der Waals surface area contributed by atoms with E-state index in [2.05, 4.69) is 9.72 Å². The number of rotatable bonds is 3. The first kappa shape index (κ1) is 14.3. The Morgan fingerprint density at radius 3 is 2.80 bits per heavy atom. The molecule has 0 unspecified atom stereocenters. The molecule has 2 aromatic rings. The number of methoxy groups -OCH3 is 1. The average molecular weight is 296 g/mol. The maximum absolute atomic E-state index is 13.6. The molecule has 20 heavy (non-hydrogen) atoms. The second-order valence-corrected chi connectivity index (χ2v) is 4.78. The van der Waals surface area contributed by atoms with Crippen molar-refractivity contribution >= 4 is 23.4 Å². The van der Waals surface area contributed by atoms with Gasteiger partial charge in [-0.05, 0) is 24.3 Å². The van der Waals surface area contributed by atoms with Crippen LogP contribution in [0.2, 0.25) is 0 Å². The number of hydrogen-bond donors (Lipinski definition) is 1. The summed E-state index contributed by atoms with van der Waals surface area (Å²) in [5.74, 6) is -1.79. The van der Waals surface area contributed by atoms with Crippen molar-refractivity contribution in [2.24, 2.45) is 0 Å². The van der Waals surface area contributed by atoms with Crippen LogP contribution in [0.4, 0.5) is 14.5 Å². The minimum absolute atomic E-state index is 0.0335. The third-order valence-electron chi connectivity index (χ3n) is 2.46. The van der Waals surface area contributed by atoms with Gasteiger partial charge in [0.25, 0.3) is 0 Å². The molecule has 0 atom stereocenters. The lowest BCUT2D eigenvalue weighted by molar-refractivity contribution is 0.0601. The molecule has 0 aliphatic rings. The van der Waals surface area contributed by atoms with Crippen LogP contribution in [0.25, 0.3) is 0 Å². The van der Waals surface area contributed by atoms with Gasteiger partial charge in [0.1, 0.15) is 16.7 Å². The number of aromatic nitrogens is 1. The number of hydrogen-bond acceptors (Lipinski definition) is 5. The summed E-state index contributed by atoms with van der Waals surface area (Å²) in [5.41, 5.74) is 5.99. The van der Waals surface area contributed by atoms with Gasteiger partial charge in [-0.1, -0.05) is 11.8 Å². The molecule has 0 saturated carbocycles. The molecule has 1 heterocycles. The normalized spacial score (nSPS) is 10.3. The molecule has 0 fully saturated rings. The van der Waals surface area contributed by atoms with Crippen molar-refractivity contribution in [3.8, 4) is 0 Å². The SMILES string of the molecule is COC(=O)c1ccnc(Sc2cc(F)ccc2F)c1N. The number of nitrogens with two attached hydrogens (primary N) is 1. The predicted octanol–water partition coefficient (Wildman–Crippen LogP) is 2.88. The van der Waals surface area contributed by atoms with Crippen molar-refractivity contribution in [2.45, 2.75) is 9.92 Å². The van der Waals surface area contributed by atoms with Crippen LogP contribution >= 0.6 is 11.8 Å². The maximum Gasteiger partial charge on any atom is 0.340 e. The van der Waals surface area contributed by atoms with Crippen LogP contribution in [0.15, 0.2) is 40.4 Å². The Balaban J connectivity index is 2.39. The maximum atomic E-state index is 13.6. The quantitative estimate of drug-likeness (QED) is 0.882. The topological polar surface area (TPSA) is 65.2 Å². The number of nitrogen functional groups attached to an aromatic ring is 1. The Bertz CT molecular complexity index is 665. The summed E-state index contributed by atoms with van der Waals surface area (Å²) in [5, 5.41) is 0.206. The van der Waals surface area contributed by atoms with E-state index in [1.807, 2.05) is 0 Å². The molecule has 0 amide bonds. The van der Waals surface area contributed by atoms with E-state index < -0.39 is 17.6 Å². The number of carbonyl (C=O) groups excluding carboxylic acids is 1. The summed E-state index contributed by atoms with van der Waals surface area (Å²) in [6, 6.07) is 4.46. The van der Waals surface area contributed by atoms with E-state index in [1.165, 1.54) is 19.4 Å². The first-order valence-corrected chi connectivity index (χ1v) is 6.30. The predicted molar refractivity (Wildman–Crippen MR) is 70.5 cm³/mol. The number of halogens is 2. The van der Waals surface area contributed by atoms with Crippen LogP contribution in [-0.4, -0.2) is 18.1 Å². The fourth-order valence-electron chi connectivity index (χ4n) is 1.48. The van der Waals surface area contributed by atoms with E-state index in [4.69, 9.17) is 5.73 Å². The highest BCUT2D eigenvalue weighted by atomic mass is 32.2. The Hall–Kier alpha value is -2.15. The van der Waals surface area contributed by atoms with E-state index in [1.54, 1.807) is 0 Å². The molecule has 0 saturated heterocycles. The number of anilines is 1. The van der Waals surface area contributed by atoms with Crippen molar-refractivity contribution < 1.29 is 18.3 Å². The van der Waals surface area contributed by atoms with Gasteiger partial charge in [0.15, 0.2) is 0 Å². The summed E-state index contributed by atoms with van der Waals surface area (Å²) in [4.78, 5) is 15.5. The molecule has 7 heteroatoms. The summed E-state index contributed by atoms with van der Waals surface area (Å²) >= 11 is 0.838. The second-order valence-electron chi connectivity index (χ2n) is 3.75.